The number of aromatic nitrogens is 2. The summed E-state index contributed by atoms with van der Waals surface area (Å²) in [5.41, 5.74) is -0.738. The number of ether oxygens (including phenoxy) is 1. The summed E-state index contributed by atoms with van der Waals surface area (Å²) >= 11 is 1.28. The van der Waals surface area contributed by atoms with E-state index in [0.717, 1.165) is 12.1 Å². The van der Waals surface area contributed by atoms with E-state index in [1.165, 1.54) is 23.5 Å². The fourth-order valence-corrected chi connectivity index (χ4v) is 1.93. The minimum atomic E-state index is -4.37. The van der Waals surface area contributed by atoms with Crippen LogP contribution in [0.4, 0.5) is 18.3 Å². The molecule has 0 unspecified atom stereocenters. The van der Waals surface area contributed by atoms with Crippen molar-refractivity contribution >= 4 is 16.5 Å². The number of halogens is 3. The van der Waals surface area contributed by atoms with Gasteiger partial charge >= 0.3 is 6.18 Å². The van der Waals surface area contributed by atoms with Gasteiger partial charge in [0.05, 0.1) is 5.56 Å². The first-order chi connectivity index (χ1) is 8.99. The molecule has 0 saturated carbocycles. The lowest BCUT2D eigenvalue weighted by Gasteiger charge is -2.09. The molecule has 0 amide bonds. The van der Waals surface area contributed by atoms with E-state index < -0.39 is 11.7 Å². The van der Waals surface area contributed by atoms with Crippen LogP contribution in [0.2, 0.25) is 0 Å². The molecule has 1 heterocycles. The molecule has 0 saturated heterocycles. The van der Waals surface area contributed by atoms with Crippen LogP contribution in [0.5, 0.6) is 5.75 Å². The molecule has 102 valence electrons. The zero-order valence-corrected chi connectivity index (χ0v) is 10.7. The van der Waals surface area contributed by atoms with E-state index >= 15 is 0 Å². The zero-order valence-electron chi connectivity index (χ0n) is 9.86. The average Bonchev–Trinajstić information content (AvgIpc) is 2.84. The smallest absolute Gasteiger partial charge is 0.416 e. The molecule has 0 fully saturated rings. The van der Waals surface area contributed by atoms with Gasteiger partial charge in [-0.05, 0) is 18.2 Å². The highest BCUT2D eigenvalue weighted by Crippen LogP contribution is 2.31. The number of rotatable bonds is 4. The SMILES string of the molecule is CNc1nnc(COc2cccc(C(F)(F)F)c2)s1. The van der Waals surface area contributed by atoms with Gasteiger partial charge in [-0.25, -0.2) is 0 Å². The van der Waals surface area contributed by atoms with E-state index in [1.807, 2.05) is 0 Å². The third-order valence-electron chi connectivity index (χ3n) is 2.20. The fourth-order valence-electron chi connectivity index (χ4n) is 1.32. The molecule has 0 bridgehead atoms. The van der Waals surface area contributed by atoms with E-state index in [4.69, 9.17) is 4.74 Å². The largest absolute Gasteiger partial charge is 0.486 e. The van der Waals surface area contributed by atoms with Gasteiger partial charge in [-0.3, -0.25) is 0 Å². The summed E-state index contributed by atoms with van der Waals surface area (Å²) in [5.74, 6) is 0.149. The normalized spacial score (nSPS) is 11.4. The van der Waals surface area contributed by atoms with Crippen LogP contribution in [0, 0.1) is 0 Å². The maximum Gasteiger partial charge on any atom is 0.416 e. The molecule has 2 aromatic rings. The Labute approximate surface area is 111 Å². The molecule has 8 heteroatoms. The summed E-state index contributed by atoms with van der Waals surface area (Å²) in [4.78, 5) is 0. The number of anilines is 1. The molecular formula is C11H10F3N3OS. The van der Waals surface area contributed by atoms with Crippen LogP contribution in [0.15, 0.2) is 24.3 Å². The second-order valence-electron chi connectivity index (χ2n) is 3.57. The van der Waals surface area contributed by atoms with Crippen LogP contribution in [0.25, 0.3) is 0 Å². The summed E-state index contributed by atoms with van der Waals surface area (Å²) in [7, 11) is 1.71. The monoisotopic (exact) mass is 289 g/mol. The molecule has 2 rings (SSSR count). The number of hydrogen-bond acceptors (Lipinski definition) is 5. The first-order valence-corrected chi connectivity index (χ1v) is 6.11. The van der Waals surface area contributed by atoms with Crippen molar-refractivity contribution in [2.45, 2.75) is 12.8 Å². The summed E-state index contributed by atoms with van der Waals surface area (Å²) < 4.78 is 42.8. The van der Waals surface area contributed by atoms with Gasteiger partial charge < -0.3 is 10.1 Å². The third-order valence-corrected chi connectivity index (χ3v) is 3.12. The predicted octanol–water partition coefficient (Wildman–Crippen LogP) is 3.18. The van der Waals surface area contributed by atoms with Gasteiger partial charge in [0.15, 0.2) is 5.01 Å². The Morgan fingerprint density at radius 1 is 1.32 bits per heavy atom. The molecule has 0 aliphatic rings. The molecule has 0 spiro atoms. The van der Waals surface area contributed by atoms with Crippen LogP contribution in [-0.2, 0) is 12.8 Å². The highest BCUT2D eigenvalue weighted by Gasteiger charge is 2.30. The topological polar surface area (TPSA) is 47.0 Å². The lowest BCUT2D eigenvalue weighted by atomic mass is 10.2. The molecule has 1 aromatic carbocycles. The van der Waals surface area contributed by atoms with Gasteiger partial charge in [0, 0.05) is 7.05 Å². The van der Waals surface area contributed by atoms with Gasteiger partial charge in [0.25, 0.3) is 0 Å². The fraction of sp³-hybridized carbons (Fsp3) is 0.273. The summed E-state index contributed by atoms with van der Waals surface area (Å²) in [6.45, 7) is 0.0840. The molecule has 1 aromatic heterocycles. The van der Waals surface area contributed by atoms with Gasteiger partial charge in [-0.15, -0.1) is 10.2 Å². The van der Waals surface area contributed by atoms with Crippen LogP contribution in [-0.4, -0.2) is 17.2 Å². The van der Waals surface area contributed by atoms with E-state index in [-0.39, 0.29) is 12.4 Å². The third kappa shape index (κ3) is 3.57. The van der Waals surface area contributed by atoms with Crippen molar-refractivity contribution in [1.29, 1.82) is 0 Å². The van der Waals surface area contributed by atoms with E-state index in [1.54, 1.807) is 7.05 Å². The molecule has 4 nitrogen and oxygen atoms in total. The summed E-state index contributed by atoms with van der Waals surface area (Å²) in [5, 5.41) is 11.7. The highest BCUT2D eigenvalue weighted by atomic mass is 32.1. The van der Waals surface area contributed by atoms with Gasteiger partial charge in [-0.2, -0.15) is 13.2 Å². The average molecular weight is 289 g/mol. The van der Waals surface area contributed by atoms with Crippen molar-refractivity contribution in [3.8, 4) is 5.75 Å². The van der Waals surface area contributed by atoms with Gasteiger partial charge in [-0.1, -0.05) is 17.4 Å². The Balaban J connectivity index is 2.03. The Morgan fingerprint density at radius 3 is 2.74 bits per heavy atom. The maximum atomic E-state index is 12.5. The Kier molecular flexibility index (Phi) is 3.89. The van der Waals surface area contributed by atoms with Crippen molar-refractivity contribution in [3.63, 3.8) is 0 Å². The first-order valence-electron chi connectivity index (χ1n) is 5.29. The molecule has 1 N–H and O–H groups in total. The number of hydrogen-bond donors (Lipinski definition) is 1. The predicted molar refractivity (Wildman–Crippen MR) is 65.2 cm³/mol. The van der Waals surface area contributed by atoms with Crippen molar-refractivity contribution in [3.05, 3.63) is 34.8 Å². The highest BCUT2D eigenvalue weighted by molar-refractivity contribution is 7.15. The lowest BCUT2D eigenvalue weighted by molar-refractivity contribution is -0.137. The number of nitrogens with zero attached hydrogens (tertiary/aromatic N) is 2. The Bertz CT molecular complexity index is 556. The summed E-state index contributed by atoms with van der Waals surface area (Å²) in [6.07, 6.45) is -4.37. The van der Waals surface area contributed by atoms with Crippen LogP contribution in [0.3, 0.4) is 0 Å². The van der Waals surface area contributed by atoms with Crippen LogP contribution in [0.1, 0.15) is 10.6 Å². The number of alkyl halides is 3. The number of nitrogens with one attached hydrogen (secondary N) is 1. The molecule has 0 aliphatic carbocycles. The van der Waals surface area contributed by atoms with Crippen molar-refractivity contribution in [2.24, 2.45) is 0 Å². The molecule has 0 radical (unpaired) electrons. The Hall–Kier alpha value is -1.83. The minimum absolute atomic E-state index is 0.0840. The second kappa shape index (κ2) is 5.43. The quantitative estimate of drug-likeness (QED) is 0.939. The molecule has 0 atom stereocenters. The van der Waals surface area contributed by atoms with Gasteiger partial charge in [0.2, 0.25) is 5.13 Å². The summed E-state index contributed by atoms with van der Waals surface area (Å²) in [6, 6.07) is 4.73. The first kappa shape index (κ1) is 13.6. The van der Waals surface area contributed by atoms with Crippen molar-refractivity contribution in [1.82, 2.24) is 10.2 Å². The lowest BCUT2D eigenvalue weighted by Crippen LogP contribution is -2.05. The standard InChI is InChI=1S/C11H10F3N3OS/c1-15-10-17-16-9(19-10)6-18-8-4-2-3-7(5-8)11(12,13)14/h2-5H,6H2,1H3,(H,15,17). The van der Waals surface area contributed by atoms with Crippen LogP contribution < -0.4 is 10.1 Å². The molecule has 0 aliphatic heterocycles. The van der Waals surface area contributed by atoms with Crippen molar-refractivity contribution in [2.75, 3.05) is 12.4 Å². The molecular weight excluding hydrogens is 279 g/mol. The maximum absolute atomic E-state index is 12.5. The van der Waals surface area contributed by atoms with Gasteiger partial charge in [0.1, 0.15) is 12.4 Å². The minimum Gasteiger partial charge on any atom is -0.486 e. The van der Waals surface area contributed by atoms with E-state index in [9.17, 15) is 13.2 Å². The second-order valence-corrected chi connectivity index (χ2v) is 4.63. The van der Waals surface area contributed by atoms with Crippen molar-refractivity contribution < 1.29 is 17.9 Å². The molecule has 19 heavy (non-hydrogen) atoms. The number of benzene rings is 1. The van der Waals surface area contributed by atoms with E-state index in [2.05, 4.69) is 15.5 Å². The van der Waals surface area contributed by atoms with E-state index in [0.29, 0.717) is 10.1 Å². The zero-order chi connectivity index (χ0) is 13.9. The Morgan fingerprint density at radius 2 is 2.11 bits per heavy atom. The van der Waals surface area contributed by atoms with Crippen LogP contribution >= 0.6 is 11.3 Å².